The number of benzene rings is 2. The van der Waals surface area contributed by atoms with Gasteiger partial charge in [0.2, 0.25) is 0 Å². The van der Waals surface area contributed by atoms with E-state index in [1.54, 1.807) is 18.2 Å². The Morgan fingerprint density at radius 1 is 1.18 bits per heavy atom. The van der Waals surface area contributed by atoms with Crippen molar-refractivity contribution in [1.82, 2.24) is 0 Å². The van der Waals surface area contributed by atoms with E-state index in [2.05, 4.69) is 4.74 Å². The highest BCUT2D eigenvalue weighted by molar-refractivity contribution is 14.1. The normalized spacial score (nSPS) is 11.0. The minimum absolute atomic E-state index is 0.117. The van der Waals surface area contributed by atoms with Crippen LogP contribution in [0.5, 0.6) is 5.75 Å². The van der Waals surface area contributed by atoms with E-state index >= 15 is 0 Å². The fourth-order valence-corrected chi connectivity index (χ4v) is 3.60. The van der Waals surface area contributed by atoms with Gasteiger partial charge in [-0.3, -0.25) is 0 Å². The second-order valence-corrected chi connectivity index (χ2v) is 7.30. The van der Waals surface area contributed by atoms with Crippen LogP contribution in [0.1, 0.15) is 10.4 Å². The standard InChI is InChI=1S/C14H10ClIO5S/c1-20-14(17)9-5-6-13(12(15)7-9)22(18,19)21-11-4-2-3-10(16)8-11/h2-8H,1H3. The van der Waals surface area contributed by atoms with Crippen molar-refractivity contribution in [3.05, 3.63) is 56.6 Å². The number of ether oxygens (including phenoxy) is 1. The summed E-state index contributed by atoms with van der Waals surface area (Å²) in [6, 6.07) is 10.3. The Morgan fingerprint density at radius 2 is 1.91 bits per heavy atom. The van der Waals surface area contributed by atoms with E-state index in [-0.39, 0.29) is 21.2 Å². The molecule has 5 nitrogen and oxygen atoms in total. The first-order chi connectivity index (χ1) is 10.3. The summed E-state index contributed by atoms with van der Waals surface area (Å²) in [5, 5.41) is -0.117. The van der Waals surface area contributed by atoms with Crippen molar-refractivity contribution in [3.8, 4) is 5.75 Å². The minimum atomic E-state index is -4.10. The van der Waals surface area contributed by atoms with Crippen LogP contribution >= 0.6 is 34.2 Å². The second-order valence-electron chi connectivity index (χ2n) is 4.13. The summed E-state index contributed by atoms with van der Waals surface area (Å²) in [7, 11) is -2.87. The molecule has 0 spiro atoms. The van der Waals surface area contributed by atoms with Crippen LogP contribution in [-0.2, 0) is 14.9 Å². The summed E-state index contributed by atoms with van der Waals surface area (Å²) >= 11 is 7.99. The molecule has 2 rings (SSSR count). The lowest BCUT2D eigenvalue weighted by atomic mass is 10.2. The zero-order valence-electron chi connectivity index (χ0n) is 11.2. The third-order valence-corrected chi connectivity index (χ3v) is 5.03. The van der Waals surface area contributed by atoms with Gasteiger partial charge in [-0.05, 0) is 59.0 Å². The van der Waals surface area contributed by atoms with Gasteiger partial charge in [0.05, 0.1) is 17.7 Å². The molecule has 2 aromatic rings. The maximum absolute atomic E-state index is 12.3. The molecule has 0 amide bonds. The molecule has 0 fully saturated rings. The Labute approximate surface area is 146 Å². The summed E-state index contributed by atoms with van der Waals surface area (Å²) in [5.74, 6) is -0.426. The van der Waals surface area contributed by atoms with Gasteiger partial charge in [-0.15, -0.1) is 0 Å². The van der Waals surface area contributed by atoms with E-state index < -0.39 is 16.1 Å². The number of methoxy groups -OCH3 is 1. The van der Waals surface area contributed by atoms with Crippen molar-refractivity contribution < 1.29 is 22.1 Å². The first kappa shape index (κ1) is 17.0. The topological polar surface area (TPSA) is 69.7 Å². The molecular formula is C14H10ClIO5S. The molecule has 0 N–H and O–H groups in total. The molecule has 22 heavy (non-hydrogen) atoms. The highest BCUT2D eigenvalue weighted by Gasteiger charge is 2.22. The van der Waals surface area contributed by atoms with E-state index in [9.17, 15) is 13.2 Å². The highest BCUT2D eigenvalue weighted by Crippen LogP contribution is 2.27. The fourth-order valence-electron chi connectivity index (χ4n) is 1.64. The summed E-state index contributed by atoms with van der Waals surface area (Å²) in [4.78, 5) is 11.2. The van der Waals surface area contributed by atoms with Gasteiger partial charge in [0.1, 0.15) is 10.6 Å². The quantitative estimate of drug-likeness (QED) is 0.403. The van der Waals surface area contributed by atoms with Crippen LogP contribution in [0, 0.1) is 3.57 Å². The molecule has 0 saturated carbocycles. The third kappa shape index (κ3) is 3.90. The van der Waals surface area contributed by atoms with Crippen molar-refractivity contribution in [3.63, 3.8) is 0 Å². The van der Waals surface area contributed by atoms with Gasteiger partial charge in [-0.1, -0.05) is 17.7 Å². The summed E-state index contributed by atoms with van der Waals surface area (Å²) in [6.45, 7) is 0. The Hall–Kier alpha value is -1.32. The smallest absolute Gasteiger partial charge is 0.340 e. The average molecular weight is 453 g/mol. The zero-order valence-corrected chi connectivity index (χ0v) is 15.0. The molecule has 116 valence electrons. The van der Waals surface area contributed by atoms with Gasteiger partial charge >= 0.3 is 16.1 Å². The number of carbonyl (C=O) groups excluding carboxylic acids is 1. The van der Waals surface area contributed by atoms with Crippen molar-refractivity contribution in [2.45, 2.75) is 4.90 Å². The van der Waals surface area contributed by atoms with Gasteiger partial charge in [-0.25, -0.2) is 4.79 Å². The molecule has 8 heteroatoms. The number of halogens is 2. The second kappa shape index (κ2) is 6.84. The van der Waals surface area contributed by atoms with E-state index in [1.165, 1.54) is 31.4 Å². The van der Waals surface area contributed by atoms with Gasteiger partial charge in [0.25, 0.3) is 0 Å². The van der Waals surface area contributed by atoms with E-state index in [1.807, 2.05) is 22.6 Å². The highest BCUT2D eigenvalue weighted by atomic mass is 127. The number of carbonyl (C=O) groups is 1. The first-order valence-electron chi connectivity index (χ1n) is 5.91. The Balaban J connectivity index is 2.35. The van der Waals surface area contributed by atoms with Crippen LogP contribution in [0.15, 0.2) is 47.4 Å². The molecular weight excluding hydrogens is 443 g/mol. The number of rotatable bonds is 4. The third-order valence-electron chi connectivity index (χ3n) is 2.62. The molecule has 0 aliphatic rings. The molecule has 2 aromatic carbocycles. The van der Waals surface area contributed by atoms with Crippen molar-refractivity contribution in [1.29, 1.82) is 0 Å². The molecule has 0 heterocycles. The lowest BCUT2D eigenvalue weighted by Crippen LogP contribution is -2.11. The number of hydrogen-bond acceptors (Lipinski definition) is 5. The summed E-state index contributed by atoms with van der Waals surface area (Å²) < 4.78 is 34.9. The monoisotopic (exact) mass is 452 g/mol. The Kier molecular flexibility index (Phi) is 5.30. The average Bonchev–Trinajstić information content (AvgIpc) is 2.45. The molecule has 0 atom stereocenters. The number of esters is 1. The molecule has 0 aliphatic carbocycles. The van der Waals surface area contributed by atoms with Gasteiger partial charge in [0.15, 0.2) is 0 Å². The predicted molar refractivity (Wildman–Crippen MR) is 89.8 cm³/mol. The molecule has 0 bridgehead atoms. The van der Waals surface area contributed by atoms with E-state index in [0.29, 0.717) is 0 Å². The van der Waals surface area contributed by atoms with Crippen molar-refractivity contribution in [2.24, 2.45) is 0 Å². The minimum Gasteiger partial charge on any atom is -0.465 e. The number of hydrogen-bond donors (Lipinski definition) is 0. The van der Waals surface area contributed by atoms with Crippen LogP contribution in [0.3, 0.4) is 0 Å². The lowest BCUT2D eigenvalue weighted by molar-refractivity contribution is 0.0600. The summed E-state index contributed by atoms with van der Waals surface area (Å²) in [5.41, 5.74) is 0.153. The fraction of sp³-hybridized carbons (Fsp3) is 0.0714. The lowest BCUT2D eigenvalue weighted by Gasteiger charge is -2.09. The Morgan fingerprint density at radius 3 is 2.50 bits per heavy atom. The molecule has 0 aromatic heterocycles. The summed E-state index contributed by atoms with van der Waals surface area (Å²) in [6.07, 6.45) is 0. The van der Waals surface area contributed by atoms with Crippen LogP contribution < -0.4 is 4.18 Å². The van der Waals surface area contributed by atoms with Crippen molar-refractivity contribution >= 4 is 50.3 Å². The molecule has 0 saturated heterocycles. The van der Waals surface area contributed by atoms with Crippen LogP contribution in [0.4, 0.5) is 0 Å². The van der Waals surface area contributed by atoms with Gasteiger partial charge in [-0.2, -0.15) is 8.42 Å². The van der Waals surface area contributed by atoms with E-state index in [4.69, 9.17) is 15.8 Å². The van der Waals surface area contributed by atoms with Crippen molar-refractivity contribution in [2.75, 3.05) is 7.11 Å². The molecule has 0 radical (unpaired) electrons. The zero-order chi connectivity index (χ0) is 16.3. The largest absolute Gasteiger partial charge is 0.465 e. The van der Waals surface area contributed by atoms with Gasteiger partial charge < -0.3 is 8.92 Å². The molecule has 0 aliphatic heterocycles. The maximum atomic E-state index is 12.3. The predicted octanol–water partition coefficient (Wildman–Crippen LogP) is 3.50. The maximum Gasteiger partial charge on any atom is 0.340 e. The Bertz CT molecular complexity index is 820. The molecule has 0 unspecified atom stereocenters. The SMILES string of the molecule is COC(=O)c1ccc(S(=O)(=O)Oc2cccc(I)c2)c(Cl)c1. The van der Waals surface area contributed by atoms with Crippen LogP contribution in [-0.4, -0.2) is 21.5 Å². The first-order valence-corrected chi connectivity index (χ1v) is 8.78. The van der Waals surface area contributed by atoms with E-state index in [0.717, 1.165) is 3.57 Å². The van der Waals surface area contributed by atoms with Gasteiger partial charge in [0, 0.05) is 3.57 Å². The van der Waals surface area contributed by atoms with Crippen LogP contribution in [0.2, 0.25) is 5.02 Å². The van der Waals surface area contributed by atoms with Crippen LogP contribution in [0.25, 0.3) is 0 Å².